The first kappa shape index (κ1) is 27.0. The number of carbonyl (C=O) groups is 2. The summed E-state index contributed by atoms with van der Waals surface area (Å²) in [6.45, 7) is 6.81. The Morgan fingerprint density at radius 1 is 1.00 bits per heavy atom. The molecule has 2 amide bonds. The van der Waals surface area contributed by atoms with E-state index >= 15 is 0 Å². The molecule has 196 valence electrons. The van der Waals surface area contributed by atoms with E-state index in [9.17, 15) is 9.59 Å². The number of aryl methyl sites for hydroxylation is 1. The molecular weight excluding hydrogens is 498 g/mol. The van der Waals surface area contributed by atoms with Crippen LogP contribution in [0.1, 0.15) is 31.4 Å². The van der Waals surface area contributed by atoms with E-state index in [0.717, 1.165) is 23.2 Å². The van der Waals surface area contributed by atoms with E-state index in [4.69, 9.17) is 14.5 Å². The highest BCUT2D eigenvalue weighted by Gasteiger charge is 2.32. The van der Waals surface area contributed by atoms with Gasteiger partial charge in [0.05, 0.1) is 17.2 Å². The van der Waals surface area contributed by atoms with Crippen molar-refractivity contribution in [2.75, 3.05) is 25.1 Å². The Bertz CT molecular complexity index is 1340. The maximum atomic E-state index is 13.2. The van der Waals surface area contributed by atoms with Crippen LogP contribution in [0.2, 0.25) is 0 Å². The van der Waals surface area contributed by atoms with Crippen LogP contribution in [0.4, 0.5) is 11.4 Å². The van der Waals surface area contributed by atoms with E-state index in [-0.39, 0.29) is 18.4 Å². The molecule has 0 unspecified atom stereocenters. The number of rotatable bonds is 10. The van der Waals surface area contributed by atoms with E-state index < -0.39 is 0 Å². The van der Waals surface area contributed by atoms with Crippen LogP contribution in [0.5, 0.6) is 11.5 Å². The lowest BCUT2D eigenvalue weighted by molar-refractivity contribution is -0.122. The molecule has 38 heavy (non-hydrogen) atoms. The number of nitrogens with one attached hydrogen (secondary N) is 1. The van der Waals surface area contributed by atoms with Crippen molar-refractivity contribution in [3.63, 3.8) is 0 Å². The number of para-hydroxylation sites is 1. The summed E-state index contributed by atoms with van der Waals surface area (Å²) in [5.41, 5.74) is 3.46. The summed E-state index contributed by atoms with van der Waals surface area (Å²) >= 11 is 1.36. The molecule has 1 aliphatic heterocycles. The highest BCUT2D eigenvalue weighted by molar-refractivity contribution is 8.18. The zero-order valence-electron chi connectivity index (χ0n) is 21.8. The predicted octanol–water partition coefficient (Wildman–Crippen LogP) is 6.43. The van der Waals surface area contributed by atoms with Crippen molar-refractivity contribution >= 4 is 46.2 Å². The third-order valence-electron chi connectivity index (χ3n) is 5.58. The second-order valence-electron chi connectivity index (χ2n) is 8.64. The van der Waals surface area contributed by atoms with E-state index in [1.54, 1.807) is 11.0 Å². The Morgan fingerprint density at radius 3 is 2.47 bits per heavy atom. The maximum Gasteiger partial charge on any atom is 0.266 e. The number of aliphatic imine (C=N–C) groups is 1. The second-order valence-corrected chi connectivity index (χ2v) is 9.65. The molecule has 7 nitrogen and oxygen atoms in total. The molecule has 0 saturated carbocycles. The van der Waals surface area contributed by atoms with Crippen molar-refractivity contribution in [3.05, 3.63) is 88.8 Å². The van der Waals surface area contributed by atoms with Crippen LogP contribution in [-0.4, -0.2) is 41.6 Å². The fourth-order valence-electron chi connectivity index (χ4n) is 3.76. The number of anilines is 1. The van der Waals surface area contributed by atoms with Crippen LogP contribution in [0.3, 0.4) is 0 Å². The Balaban J connectivity index is 1.51. The molecule has 3 aromatic rings. The predicted molar refractivity (Wildman–Crippen MR) is 154 cm³/mol. The van der Waals surface area contributed by atoms with Gasteiger partial charge in [-0.15, -0.1) is 0 Å². The van der Waals surface area contributed by atoms with E-state index in [0.29, 0.717) is 40.4 Å². The van der Waals surface area contributed by atoms with E-state index in [1.165, 1.54) is 11.8 Å². The number of hydrogen-bond donors (Lipinski definition) is 1. The minimum atomic E-state index is -0.269. The Kier molecular flexibility index (Phi) is 9.21. The van der Waals surface area contributed by atoms with Crippen LogP contribution in [0.15, 0.2) is 82.7 Å². The van der Waals surface area contributed by atoms with Crippen LogP contribution in [0.25, 0.3) is 6.08 Å². The van der Waals surface area contributed by atoms with Crippen molar-refractivity contribution in [2.24, 2.45) is 4.99 Å². The zero-order chi connectivity index (χ0) is 26.9. The van der Waals surface area contributed by atoms with Crippen LogP contribution in [-0.2, 0) is 9.59 Å². The summed E-state index contributed by atoms with van der Waals surface area (Å²) in [6.07, 6.45) is 2.66. The van der Waals surface area contributed by atoms with Gasteiger partial charge in [-0.2, -0.15) is 0 Å². The van der Waals surface area contributed by atoms with Gasteiger partial charge >= 0.3 is 0 Å². The van der Waals surface area contributed by atoms with Crippen LogP contribution in [0, 0.1) is 6.92 Å². The van der Waals surface area contributed by atoms with Crippen molar-refractivity contribution in [3.8, 4) is 11.5 Å². The smallest absolute Gasteiger partial charge is 0.266 e. The average molecular weight is 530 g/mol. The minimum absolute atomic E-state index is 0.0708. The molecule has 3 aromatic carbocycles. The molecule has 1 heterocycles. The fraction of sp³-hybridized carbons (Fsp3) is 0.233. The molecule has 1 aliphatic rings. The molecule has 0 aromatic heterocycles. The van der Waals surface area contributed by atoms with E-state index in [1.807, 2.05) is 93.6 Å². The molecule has 0 atom stereocenters. The van der Waals surface area contributed by atoms with Gasteiger partial charge in [-0.1, -0.05) is 48.9 Å². The standard InChI is InChI=1S/C30H31N3O4S/c1-4-17-33-29(35)27(38-30(33)32-24-14-11-21(3)12-15-24)19-22-13-16-25(26(18-22)36-5-2)37-20-28(34)31-23-9-7-6-8-10-23/h6-16,18-19H,4-5,17,20H2,1-3H3,(H,31,34)/b27-19+,32-30?. The van der Waals surface area contributed by atoms with Crippen molar-refractivity contribution in [1.29, 1.82) is 0 Å². The zero-order valence-corrected chi connectivity index (χ0v) is 22.6. The monoisotopic (exact) mass is 529 g/mol. The number of amidine groups is 1. The third-order valence-corrected chi connectivity index (χ3v) is 6.58. The number of thioether (sulfide) groups is 1. The number of nitrogens with zero attached hydrogens (tertiary/aromatic N) is 2. The van der Waals surface area contributed by atoms with Crippen LogP contribution < -0.4 is 14.8 Å². The van der Waals surface area contributed by atoms with Gasteiger partial charge in [-0.3, -0.25) is 14.5 Å². The number of carbonyl (C=O) groups excluding carboxylic acids is 2. The molecule has 4 rings (SSSR count). The van der Waals surface area contributed by atoms with Crippen molar-refractivity contribution in [2.45, 2.75) is 27.2 Å². The molecule has 0 spiro atoms. The maximum absolute atomic E-state index is 13.2. The first-order valence-electron chi connectivity index (χ1n) is 12.6. The number of ether oxygens (including phenoxy) is 2. The SMILES string of the molecule is CCCN1C(=O)/C(=C\c2ccc(OCC(=O)Nc3ccccc3)c(OCC)c2)SC1=Nc1ccc(C)cc1. The number of hydrogen-bond acceptors (Lipinski definition) is 6. The molecule has 1 fully saturated rings. The number of benzene rings is 3. The minimum Gasteiger partial charge on any atom is -0.490 e. The molecule has 0 aliphatic carbocycles. The van der Waals surface area contributed by atoms with Gasteiger partial charge in [-0.25, -0.2) is 4.99 Å². The molecule has 1 saturated heterocycles. The normalized spacial score (nSPS) is 15.2. The highest BCUT2D eigenvalue weighted by Crippen LogP contribution is 2.36. The lowest BCUT2D eigenvalue weighted by Gasteiger charge is -2.14. The van der Waals surface area contributed by atoms with E-state index in [2.05, 4.69) is 5.32 Å². The highest BCUT2D eigenvalue weighted by atomic mass is 32.2. The second kappa shape index (κ2) is 13.0. The van der Waals surface area contributed by atoms with Gasteiger partial charge < -0.3 is 14.8 Å². The quantitative estimate of drug-likeness (QED) is 0.306. The summed E-state index contributed by atoms with van der Waals surface area (Å²) in [5, 5.41) is 3.46. The van der Waals surface area contributed by atoms with Crippen LogP contribution >= 0.6 is 11.8 Å². The molecular formula is C30H31N3O4S. The fourth-order valence-corrected chi connectivity index (χ4v) is 4.78. The third kappa shape index (κ3) is 7.04. The summed E-state index contributed by atoms with van der Waals surface area (Å²) < 4.78 is 11.5. The van der Waals surface area contributed by atoms with Gasteiger partial charge in [0.1, 0.15) is 0 Å². The average Bonchev–Trinajstić information content (AvgIpc) is 3.19. The Hall–Kier alpha value is -4.04. The van der Waals surface area contributed by atoms with Gasteiger partial charge in [-0.05, 0) is 80.1 Å². The van der Waals surface area contributed by atoms with Gasteiger partial charge in [0, 0.05) is 12.2 Å². The lowest BCUT2D eigenvalue weighted by atomic mass is 10.2. The first-order chi connectivity index (χ1) is 18.5. The summed E-state index contributed by atoms with van der Waals surface area (Å²) in [5.74, 6) is 0.619. The van der Waals surface area contributed by atoms with Gasteiger partial charge in [0.2, 0.25) is 0 Å². The molecule has 0 radical (unpaired) electrons. The van der Waals surface area contributed by atoms with Gasteiger partial charge in [0.25, 0.3) is 11.8 Å². The largest absolute Gasteiger partial charge is 0.490 e. The first-order valence-corrected chi connectivity index (χ1v) is 13.4. The summed E-state index contributed by atoms with van der Waals surface area (Å²) in [4.78, 5) is 32.6. The summed E-state index contributed by atoms with van der Waals surface area (Å²) in [7, 11) is 0. The topological polar surface area (TPSA) is 80.2 Å². The Morgan fingerprint density at radius 2 is 1.76 bits per heavy atom. The number of amides is 2. The van der Waals surface area contributed by atoms with Crippen molar-refractivity contribution < 1.29 is 19.1 Å². The molecule has 8 heteroatoms. The lowest BCUT2D eigenvalue weighted by Crippen LogP contribution is -2.29. The molecule has 1 N–H and O–H groups in total. The Labute approximate surface area is 227 Å². The van der Waals surface area contributed by atoms with Crippen molar-refractivity contribution in [1.82, 2.24) is 4.90 Å². The van der Waals surface area contributed by atoms with Gasteiger partial charge in [0.15, 0.2) is 23.3 Å². The molecule has 0 bridgehead atoms. The summed E-state index contributed by atoms with van der Waals surface area (Å²) in [6, 6.07) is 22.5.